The highest BCUT2D eigenvalue weighted by molar-refractivity contribution is 6.14. The zero-order valence-electron chi connectivity index (χ0n) is 35.9. The lowest BCUT2D eigenvalue weighted by atomic mass is 9.86. The Morgan fingerprint density at radius 1 is 1.03 bits per heavy atom. The van der Waals surface area contributed by atoms with E-state index >= 15 is 4.39 Å². The van der Waals surface area contributed by atoms with Crippen molar-refractivity contribution >= 4 is 56.9 Å². The van der Waals surface area contributed by atoms with Crippen LogP contribution in [0, 0.1) is 12.7 Å². The van der Waals surface area contributed by atoms with Crippen molar-refractivity contribution in [1.29, 1.82) is 0 Å². The minimum absolute atomic E-state index is 0.0807. The topological polar surface area (TPSA) is 183 Å². The molecule has 3 N–H and O–H groups in total. The molecule has 0 radical (unpaired) electrons. The smallest absolute Gasteiger partial charge is 0.293 e. The van der Waals surface area contributed by atoms with Crippen LogP contribution >= 0.6 is 0 Å². The first-order valence-electron chi connectivity index (χ1n) is 21.0. The number of halogens is 1. The van der Waals surface area contributed by atoms with Gasteiger partial charge in [-0.3, -0.25) is 34.3 Å². The molecular weight excluding hydrogens is 792 g/mol. The number of aromatic nitrogens is 5. The van der Waals surface area contributed by atoms with Crippen molar-refractivity contribution in [2.24, 2.45) is 0 Å². The quantitative estimate of drug-likeness (QED) is 0.150. The molecule has 4 amide bonds. The maximum atomic E-state index is 16.4. The van der Waals surface area contributed by atoms with Crippen LogP contribution in [-0.4, -0.2) is 85.8 Å². The number of fused-ring (bicyclic) bond motifs is 4. The monoisotopic (exact) mass is 840 g/mol. The molecule has 6 aromatic rings. The third kappa shape index (κ3) is 7.05. The average molecular weight is 841 g/mol. The number of imide groups is 1. The fourth-order valence-corrected chi connectivity index (χ4v) is 9.02. The van der Waals surface area contributed by atoms with Crippen molar-refractivity contribution < 1.29 is 28.1 Å². The Morgan fingerprint density at radius 2 is 1.81 bits per heavy atom. The van der Waals surface area contributed by atoms with E-state index < -0.39 is 40.5 Å². The lowest BCUT2D eigenvalue weighted by Crippen LogP contribution is -2.55. The number of benzene rings is 3. The molecule has 1 unspecified atom stereocenters. The molecule has 0 aliphatic carbocycles. The predicted octanol–water partition coefficient (Wildman–Crippen LogP) is 6.15. The van der Waals surface area contributed by atoms with Crippen LogP contribution in [-0.2, 0) is 31.8 Å². The largest absolute Gasteiger partial charge is 0.369 e. The summed E-state index contributed by atoms with van der Waals surface area (Å²) in [5.41, 5.74) is 5.78. The van der Waals surface area contributed by atoms with Crippen LogP contribution < -0.4 is 20.4 Å². The van der Waals surface area contributed by atoms with Gasteiger partial charge >= 0.3 is 0 Å². The van der Waals surface area contributed by atoms with Gasteiger partial charge in [-0.15, -0.1) is 0 Å². The molecule has 3 aromatic heterocycles. The molecule has 2 atom stereocenters. The number of anilines is 2. The van der Waals surface area contributed by atoms with Gasteiger partial charge in [-0.1, -0.05) is 50.2 Å². The van der Waals surface area contributed by atoms with E-state index in [1.807, 2.05) is 52.8 Å². The molecule has 0 spiro atoms. The molecule has 9 rings (SSSR count). The summed E-state index contributed by atoms with van der Waals surface area (Å²) in [6, 6.07) is 14.6. The summed E-state index contributed by atoms with van der Waals surface area (Å²) < 4.78 is 21.6. The Morgan fingerprint density at radius 3 is 2.53 bits per heavy atom. The molecule has 0 bridgehead atoms. The van der Waals surface area contributed by atoms with Crippen molar-refractivity contribution in [3.63, 3.8) is 0 Å². The second-order valence-corrected chi connectivity index (χ2v) is 18.2. The maximum absolute atomic E-state index is 16.4. The lowest BCUT2D eigenvalue weighted by Gasteiger charge is -2.36. The van der Waals surface area contributed by atoms with Crippen molar-refractivity contribution in [3.05, 3.63) is 94.6 Å². The SMILES string of the molecule is Cc1c([C@@H](C)NC(=O)c2noc(C(C)(C)C)n2)ccc(-c2ncnc3[nH]c4cc(N5CCN(Cc6ccc7c(c6)N(C6CCC(=O)NC6=O)C(=O)C7(C)C)CC5)ccc4c23)c1F. The Bertz CT molecular complexity index is 2820. The predicted molar refractivity (Wildman–Crippen MR) is 231 cm³/mol. The summed E-state index contributed by atoms with van der Waals surface area (Å²) in [5.74, 6) is -1.56. The Hall–Kier alpha value is -6.55. The van der Waals surface area contributed by atoms with Crippen LogP contribution in [0.4, 0.5) is 15.8 Å². The number of piperazine rings is 1. The minimum atomic E-state index is -0.779. The number of hydrogen-bond donors (Lipinski definition) is 3. The highest BCUT2D eigenvalue weighted by Crippen LogP contribution is 2.44. The molecule has 3 aromatic carbocycles. The van der Waals surface area contributed by atoms with E-state index in [9.17, 15) is 19.2 Å². The first-order valence-corrected chi connectivity index (χ1v) is 21.0. The Kier molecular flexibility index (Phi) is 9.95. The summed E-state index contributed by atoms with van der Waals surface area (Å²) in [6.45, 7) is 16.9. The van der Waals surface area contributed by atoms with Crippen LogP contribution in [0.3, 0.4) is 0 Å². The fourth-order valence-electron chi connectivity index (χ4n) is 9.02. The molecule has 3 aliphatic rings. The third-order valence-electron chi connectivity index (χ3n) is 12.6. The number of aromatic amines is 1. The zero-order chi connectivity index (χ0) is 43.8. The van der Waals surface area contributed by atoms with Gasteiger partial charge in [0.05, 0.1) is 22.5 Å². The van der Waals surface area contributed by atoms with E-state index in [4.69, 9.17) is 4.52 Å². The van der Waals surface area contributed by atoms with E-state index in [2.05, 4.69) is 63.7 Å². The highest BCUT2D eigenvalue weighted by Gasteiger charge is 2.49. The van der Waals surface area contributed by atoms with Crippen molar-refractivity contribution in [2.45, 2.75) is 90.8 Å². The maximum Gasteiger partial charge on any atom is 0.293 e. The Labute approximate surface area is 357 Å². The van der Waals surface area contributed by atoms with E-state index in [0.29, 0.717) is 52.3 Å². The van der Waals surface area contributed by atoms with E-state index in [-0.39, 0.29) is 24.1 Å². The van der Waals surface area contributed by atoms with Crippen LogP contribution in [0.2, 0.25) is 0 Å². The van der Waals surface area contributed by atoms with E-state index in [1.165, 1.54) is 6.33 Å². The summed E-state index contributed by atoms with van der Waals surface area (Å²) in [7, 11) is 0. The first kappa shape index (κ1) is 40.8. The molecular formula is C46H49FN10O5. The van der Waals surface area contributed by atoms with Crippen LogP contribution in [0.15, 0.2) is 59.4 Å². The van der Waals surface area contributed by atoms with Gasteiger partial charge in [0, 0.05) is 72.4 Å². The molecule has 15 nitrogen and oxygen atoms in total. The van der Waals surface area contributed by atoms with Gasteiger partial charge in [-0.25, -0.2) is 14.4 Å². The normalized spacial score (nSPS) is 18.7. The molecule has 62 heavy (non-hydrogen) atoms. The van der Waals surface area contributed by atoms with E-state index in [0.717, 1.165) is 59.6 Å². The van der Waals surface area contributed by atoms with Gasteiger partial charge in [-0.2, -0.15) is 4.98 Å². The highest BCUT2D eigenvalue weighted by atomic mass is 19.1. The standard InChI is InChI=1S/C46H49FN10O5/c1-24-28(25(2)50-42(60)40-53-43(62-54-40)45(3,4)5)11-12-30(37(24)47)38-36-29-10-9-27(21-32(29)51-39(36)49-23-48-38)56-18-16-55(17-19-56)22-26-8-13-31-34(20-26)57(44(61)46(31,6)7)33-14-15-35(58)52-41(33)59/h8-13,20-21,23,25,33H,14-19,22H2,1-7H3,(H,50,60)(H,48,49,51)(H,52,58,59)/t25-,33?/m1/s1. The van der Waals surface area contributed by atoms with Crippen molar-refractivity contribution in [2.75, 3.05) is 36.0 Å². The molecule has 320 valence electrons. The van der Waals surface area contributed by atoms with Crippen LogP contribution in [0.5, 0.6) is 0 Å². The molecule has 3 aliphatic heterocycles. The van der Waals surface area contributed by atoms with Gasteiger partial charge < -0.3 is 19.7 Å². The minimum Gasteiger partial charge on any atom is -0.369 e. The number of carbonyl (C=O) groups is 4. The van der Waals surface area contributed by atoms with E-state index in [1.54, 1.807) is 30.9 Å². The number of carbonyl (C=O) groups excluding carboxylic acids is 4. The van der Waals surface area contributed by atoms with Crippen LogP contribution in [0.1, 0.15) is 99.2 Å². The number of rotatable bonds is 8. The zero-order valence-corrected chi connectivity index (χ0v) is 35.9. The second-order valence-electron chi connectivity index (χ2n) is 18.2. The molecule has 2 saturated heterocycles. The number of piperidine rings is 1. The number of nitrogens with zero attached hydrogens (tertiary/aromatic N) is 7. The van der Waals surface area contributed by atoms with Gasteiger partial charge in [0.25, 0.3) is 11.7 Å². The van der Waals surface area contributed by atoms with Gasteiger partial charge in [0.1, 0.15) is 23.8 Å². The summed E-state index contributed by atoms with van der Waals surface area (Å²) >= 11 is 0. The number of H-pyrrole nitrogens is 1. The molecule has 0 saturated carbocycles. The van der Waals surface area contributed by atoms with Crippen LogP contribution in [0.25, 0.3) is 33.2 Å². The lowest BCUT2D eigenvalue weighted by molar-refractivity contribution is -0.136. The number of nitrogens with one attached hydrogen (secondary N) is 3. The molecule has 2 fully saturated rings. The average Bonchev–Trinajstić information content (AvgIpc) is 3.93. The van der Waals surface area contributed by atoms with Crippen molar-refractivity contribution in [1.82, 2.24) is 40.6 Å². The van der Waals surface area contributed by atoms with Crippen molar-refractivity contribution in [3.8, 4) is 11.3 Å². The first-order chi connectivity index (χ1) is 29.5. The molecule has 6 heterocycles. The second kappa shape index (κ2) is 15.1. The van der Waals surface area contributed by atoms with Gasteiger partial charge in [0.15, 0.2) is 0 Å². The third-order valence-corrected chi connectivity index (χ3v) is 12.6. The summed E-state index contributed by atoms with van der Waals surface area (Å²) in [4.78, 5) is 74.4. The fraction of sp³-hybridized carbons (Fsp3) is 0.391. The van der Waals surface area contributed by atoms with Gasteiger partial charge in [0.2, 0.25) is 23.6 Å². The Balaban J connectivity index is 0.895. The number of hydrogen-bond acceptors (Lipinski definition) is 11. The summed E-state index contributed by atoms with van der Waals surface area (Å²) in [6.07, 6.45) is 1.93. The number of amides is 4. The van der Waals surface area contributed by atoms with Gasteiger partial charge in [-0.05, 0) is 80.6 Å². The molecule has 16 heteroatoms. The summed E-state index contributed by atoms with van der Waals surface area (Å²) in [5, 5.41) is 10.7.